The van der Waals surface area contributed by atoms with Crippen LogP contribution in [0.1, 0.15) is 25.3 Å². The highest BCUT2D eigenvalue weighted by molar-refractivity contribution is 5.92. The number of nitrogens with zero attached hydrogens (tertiary/aromatic N) is 1. The summed E-state index contributed by atoms with van der Waals surface area (Å²) in [5.41, 5.74) is 2.21. The molecular formula is C16H25N3O. The Kier molecular flexibility index (Phi) is 6.02. The number of nitrogens with one attached hydrogen (secondary N) is 2. The van der Waals surface area contributed by atoms with E-state index in [-0.39, 0.29) is 5.91 Å². The van der Waals surface area contributed by atoms with E-state index < -0.39 is 0 Å². The Morgan fingerprint density at radius 2 is 2.05 bits per heavy atom. The number of aryl methyl sites for hydroxylation is 1. The molecule has 2 N–H and O–H groups in total. The van der Waals surface area contributed by atoms with E-state index in [4.69, 9.17) is 0 Å². The highest BCUT2D eigenvalue weighted by Crippen LogP contribution is 2.11. The molecule has 4 nitrogen and oxygen atoms in total. The normalized spacial score (nSPS) is 16.6. The van der Waals surface area contributed by atoms with Crippen LogP contribution in [0, 0.1) is 0 Å². The van der Waals surface area contributed by atoms with E-state index >= 15 is 0 Å². The molecule has 0 saturated carbocycles. The summed E-state index contributed by atoms with van der Waals surface area (Å²) >= 11 is 0. The molecule has 4 heteroatoms. The van der Waals surface area contributed by atoms with Crippen LogP contribution in [0.15, 0.2) is 24.3 Å². The third kappa shape index (κ3) is 4.94. The Balaban J connectivity index is 1.81. The van der Waals surface area contributed by atoms with Gasteiger partial charge in [0, 0.05) is 18.8 Å². The number of carbonyl (C=O) groups is 1. The van der Waals surface area contributed by atoms with E-state index in [1.807, 2.05) is 12.1 Å². The number of amides is 1. The van der Waals surface area contributed by atoms with Crippen molar-refractivity contribution in [3.63, 3.8) is 0 Å². The van der Waals surface area contributed by atoms with Gasteiger partial charge in [-0.1, -0.05) is 25.5 Å². The smallest absolute Gasteiger partial charge is 0.238 e. The van der Waals surface area contributed by atoms with Crippen LogP contribution < -0.4 is 10.6 Å². The largest absolute Gasteiger partial charge is 0.325 e. The molecule has 0 radical (unpaired) electrons. The zero-order valence-electron chi connectivity index (χ0n) is 12.3. The predicted octanol–water partition coefficient (Wildman–Crippen LogP) is 1.87. The highest BCUT2D eigenvalue weighted by Gasteiger charge is 2.12. The first-order valence-electron chi connectivity index (χ1n) is 7.60. The van der Waals surface area contributed by atoms with E-state index in [2.05, 4.69) is 34.6 Å². The number of anilines is 1. The second kappa shape index (κ2) is 8.02. The van der Waals surface area contributed by atoms with Gasteiger partial charge in [-0.3, -0.25) is 9.69 Å². The fraction of sp³-hybridized carbons (Fsp3) is 0.562. The Bertz CT molecular complexity index is 408. The van der Waals surface area contributed by atoms with Gasteiger partial charge in [-0.25, -0.2) is 0 Å². The predicted molar refractivity (Wildman–Crippen MR) is 83.0 cm³/mol. The van der Waals surface area contributed by atoms with Crippen molar-refractivity contribution in [1.82, 2.24) is 10.2 Å². The summed E-state index contributed by atoms with van der Waals surface area (Å²) in [6.45, 7) is 6.62. The maximum atomic E-state index is 12.0. The number of hydrogen-bond acceptors (Lipinski definition) is 3. The molecule has 0 aromatic heterocycles. The van der Waals surface area contributed by atoms with Crippen LogP contribution in [0.2, 0.25) is 0 Å². The quantitative estimate of drug-likeness (QED) is 0.862. The molecule has 0 bridgehead atoms. The standard InChI is InChI=1S/C16H25N3O/c1-2-4-14-5-7-15(8-6-14)18-16(20)13-19-11-3-9-17-10-12-19/h5-8,17H,2-4,9-13H2,1H3,(H,18,20). The number of benzene rings is 1. The summed E-state index contributed by atoms with van der Waals surface area (Å²) < 4.78 is 0. The van der Waals surface area contributed by atoms with Gasteiger partial charge in [0.2, 0.25) is 5.91 Å². The van der Waals surface area contributed by atoms with Crippen LogP contribution in [0.25, 0.3) is 0 Å². The van der Waals surface area contributed by atoms with Gasteiger partial charge in [0.05, 0.1) is 6.54 Å². The molecule has 0 atom stereocenters. The van der Waals surface area contributed by atoms with Crippen molar-refractivity contribution in [2.24, 2.45) is 0 Å². The van der Waals surface area contributed by atoms with Crippen LogP contribution >= 0.6 is 0 Å². The summed E-state index contributed by atoms with van der Waals surface area (Å²) in [4.78, 5) is 14.2. The number of rotatable bonds is 5. The highest BCUT2D eigenvalue weighted by atomic mass is 16.2. The van der Waals surface area contributed by atoms with E-state index in [0.29, 0.717) is 6.54 Å². The van der Waals surface area contributed by atoms with Crippen molar-refractivity contribution in [2.75, 3.05) is 38.0 Å². The first kappa shape index (κ1) is 15.0. The lowest BCUT2D eigenvalue weighted by molar-refractivity contribution is -0.117. The lowest BCUT2D eigenvalue weighted by Crippen LogP contribution is -2.35. The second-order valence-electron chi connectivity index (χ2n) is 5.37. The van der Waals surface area contributed by atoms with Gasteiger partial charge in [0.1, 0.15) is 0 Å². The van der Waals surface area contributed by atoms with Gasteiger partial charge in [0.25, 0.3) is 0 Å². The topological polar surface area (TPSA) is 44.4 Å². The van der Waals surface area contributed by atoms with Crippen LogP contribution in [0.5, 0.6) is 0 Å². The molecule has 1 fully saturated rings. The maximum Gasteiger partial charge on any atom is 0.238 e. The molecule has 1 aromatic carbocycles. The zero-order chi connectivity index (χ0) is 14.2. The lowest BCUT2D eigenvalue weighted by atomic mass is 10.1. The minimum Gasteiger partial charge on any atom is -0.325 e. The summed E-state index contributed by atoms with van der Waals surface area (Å²) in [6.07, 6.45) is 3.35. The maximum absolute atomic E-state index is 12.0. The van der Waals surface area contributed by atoms with Crippen molar-refractivity contribution in [3.8, 4) is 0 Å². The van der Waals surface area contributed by atoms with Gasteiger partial charge >= 0.3 is 0 Å². The van der Waals surface area contributed by atoms with Gasteiger partial charge in [0.15, 0.2) is 0 Å². The molecule has 0 aliphatic carbocycles. The van der Waals surface area contributed by atoms with E-state index in [1.54, 1.807) is 0 Å². The molecule has 2 rings (SSSR count). The number of hydrogen-bond donors (Lipinski definition) is 2. The third-order valence-corrected chi connectivity index (χ3v) is 3.58. The van der Waals surface area contributed by atoms with Gasteiger partial charge in [-0.2, -0.15) is 0 Å². The van der Waals surface area contributed by atoms with Crippen molar-refractivity contribution >= 4 is 11.6 Å². The molecule has 0 unspecified atom stereocenters. The molecule has 1 aliphatic heterocycles. The minimum atomic E-state index is 0.0788. The second-order valence-corrected chi connectivity index (χ2v) is 5.37. The molecule has 20 heavy (non-hydrogen) atoms. The summed E-state index contributed by atoms with van der Waals surface area (Å²) in [5, 5.41) is 6.32. The molecule has 1 heterocycles. The number of carbonyl (C=O) groups excluding carboxylic acids is 1. The van der Waals surface area contributed by atoms with Gasteiger partial charge < -0.3 is 10.6 Å². The lowest BCUT2D eigenvalue weighted by Gasteiger charge is -2.18. The molecule has 1 aliphatic rings. The van der Waals surface area contributed by atoms with Crippen molar-refractivity contribution in [2.45, 2.75) is 26.2 Å². The molecule has 1 saturated heterocycles. The van der Waals surface area contributed by atoms with Crippen molar-refractivity contribution < 1.29 is 4.79 Å². The fourth-order valence-corrected chi connectivity index (χ4v) is 2.51. The average Bonchev–Trinajstić information content (AvgIpc) is 2.70. The molecular weight excluding hydrogens is 250 g/mol. The Morgan fingerprint density at radius 3 is 2.80 bits per heavy atom. The molecule has 1 aromatic rings. The Hall–Kier alpha value is -1.39. The van der Waals surface area contributed by atoms with Crippen molar-refractivity contribution in [1.29, 1.82) is 0 Å². The molecule has 110 valence electrons. The molecule has 0 spiro atoms. The molecule has 1 amide bonds. The van der Waals surface area contributed by atoms with E-state index in [9.17, 15) is 4.79 Å². The van der Waals surface area contributed by atoms with Crippen molar-refractivity contribution in [3.05, 3.63) is 29.8 Å². The summed E-state index contributed by atoms with van der Waals surface area (Å²) in [5.74, 6) is 0.0788. The minimum absolute atomic E-state index is 0.0788. The first-order chi connectivity index (χ1) is 9.78. The summed E-state index contributed by atoms with van der Waals surface area (Å²) in [6, 6.07) is 8.17. The third-order valence-electron chi connectivity index (χ3n) is 3.58. The SMILES string of the molecule is CCCc1ccc(NC(=O)CN2CCCNCC2)cc1. The van der Waals surface area contributed by atoms with E-state index in [0.717, 1.165) is 51.1 Å². The fourth-order valence-electron chi connectivity index (χ4n) is 2.51. The summed E-state index contributed by atoms with van der Waals surface area (Å²) in [7, 11) is 0. The monoisotopic (exact) mass is 275 g/mol. The Morgan fingerprint density at radius 1 is 1.25 bits per heavy atom. The van der Waals surface area contributed by atoms with E-state index in [1.165, 1.54) is 5.56 Å². The van der Waals surface area contributed by atoms with Gasteiger partial charge in [-0.15, -0.1) is 0 Å². The average molecular weight is 275 g/mol. The van der Waals surface area contributed by atoms with Crippen LogP contribution in [-0.4, -0.2) is 43.5 Å². The Labute approximate surface area is 121 Å². The van der Waals surface area contributed by atoms with Crippen LogP contribution in [0.4, 0.5) is 5.69 Å². The van der Waals surface area contributed by atoms with Gasteiger partial charge in [-0.05, 0) is 43.6 Å². The van der Waals surface area contributed by atoms with Crippen LogP contribution in [-0.2, 0) is 11.2 Å². The zero-order valence-corrected chi connectivity index (χ0v) is 12.3. The van der Waals surface area contributed by atoms with Crippen LogP contribution in [0.3, 0.4) is 0 Å². The first-order valence-corrected chi connectivity index (χ1v) is 7.60.